The summed E-state index contributed by atoms with van der Waals surface area (Å²) >= 11 is 0. The molecule has 8 heteroatoms. The molecule has 0 radical (unpaired) electrons. The lowest BCUT2D eigenvalue weighted by Gasteiger charge is -2.17. The van der Waals surface area contributed by atoms with Crippen LogP contribution in [0.2, 0.25) is 0 Å². The summed E-state index contributed by atoms with van der Waals surface area (Å²) in [5.41, 5.74) is 2.68. The van der Waals surface area contributed by atoms with Crippen LogP contribution in [-0.2, 0) is 38.7 Å². The molecule has 0 aromatic heterocycles. The summed E-state index contributed by atoms with van der Waals surface area (Å²) in [5, 5.41) is 12.2. The van der Waals surface area contributed by atoms with E-state index >= 15 is 0 Å². The van der Waals surface area contributed by atoms with Crippen molar-refractivity contribution < 1.29 is 33.6 Å². The fourth-order valence-corrected chi connectivity index (χ4v) is 3.36. The molecule has 36 heavy (non-hydrogen) atoms. The van der Waals surface area contributed by atoms with Gasteiger partial charge >= 0.3 is 5.97 Å². The molecular weight excluding hydrogens is 462 g/mol. The van der Waals surface area contributed by atoms with E-state index in [2.05, 4.69) is 5.32 Å². The van der Waals surface area contributed by atoms with E-state index < -0.39 is 17.9 Å². The van der Waals surface area contributed by atoms with Crippen LogP contribution in [0.25, 0.3) is 0 Å². The topological polar surface area (TPSA) is 103 Å². The maximum Gasteiger partial charge on any atom is 0.326 e. The first-order valence-corrected chi connectivity index (χ1v) is 11.6. The maximum atomic E-state index is 12.1. The van der Waals surface area contributed by atoms with Crippen molar-refractivity contribution in [3.63, 3.8) is 0 Å². The largest absolute Gasteiger partial charge is 0.485 e. The summed E-state index contributed by atoms with van der Waals surface area (Å²) in [5.74, 6) is -0.620. The second-order valence-corrected chi connectivity index (χ2v) is 8.04. The number of nitrogens with one attached hydrogen (secondary N) is 1. The van der Waals surface area contributed by atoms with Crippen molar-refractivity contribution in [2.24, 2.45) is 0 Å². The van der Waals surface area contributed by atoms with Crippen molar-refractivity contribution >= 4 is 11.9 Å². The Labute approximate surface area is 210 Å². The molecule has 8 nitrogen and oxygen atoms in total. The molecule has 0 unspecified atom stereocenters. The second kappa shape index (κ2) is 14.5. The summed E-state index contributed by atoms with van der Waals surface area (Å²) in [7, 11) is 1.53. The molecule has 0 aliphatic carbocycles. The number of ether oxygens (including phenoxy) is 4. The fourth-order valence-electron chi connectivity index (χ4n) is 3.36. The monoisotopic (exact) mass is 493 g/mol. The van der Waals surface area contributed by atoms with Crippen LogP contribution in [0.4, 0.5) is 0 Å². The van der Waals surface area contributed by atoms with E-state index in [-0.39, 0.29) is 19.6 Å². The van der Waals surface area contributed by atoms with Gasteiger partial charge in [-0.1, -0.05) is 66.7 Å². The first-order chi connectivity index (χ1) is 17.5. The second-order valence-electron chi connectivity index (χ2n) is 8.04. The van der Waals surface area contributed by atoms with Crippen LogP contribution in [-0.4, -0.2) is 50.0 Å². The van der Waals surface area contributed by atoms with E-state index in [1.807, 2.05) is 60.7 Å². The maximum absolute atomic E-state index is 12.1. The Bertz CT molecular complexity index is 1090. The molecule has 0 bridgehead atoms. The number of rotatable bonds is 15. The molecule has 0 spiro atoms. The van der Waals surface area contributed by atoms with Crippen molar-refractivity contribution in [1.82, 2.24) is 5.32 Å². The number of carboxylic acid groups (broad SMARTS) is 1. The van der Waals surface area contributed by atoms with Crippen molar-refractivity contribution in [2.45, 2.75) is 25.7 Å². The lowest BCUT2D eigenvalue weighted by Crippen LogP contribution is -2.44. The smallest absolute Gasteiger partial charge is 0.326 e. The van der Waals surface area contributed by atoms with Crippen molar-refractivity contribution in [3.05, 3.63) is 95.6 Å². The SMILES string of the molecule is COCCOCC(=O)N[C@H](Cc1ccc(OCc2ccccc2)c(OCc2ccccc2)c1)C(=O)O. The highest BCUT2D eigenvalue weighted by Gasteiger charge is 2.21. The Balaban J connectivity index is 1.70. The molecule has 190 valence electrons. The molecule has 2 N–H and O–H groups in total. The average molecular weight is 494 g/mol. The average Bonchev–Trinajstić information content (AvgIpc) is 2.90. The van der Waals surface area contributed by atoms with Crippen LogP contribution < -0.4 is 14.8 Å². The van der Waals surface area contributed by atoms with Gasteiger partial charge in [-0.15, -0.1) is 0 Å². The zero-order valence-corrected chi connectivity index (χ0v) is 20.2. The molecule has 3 aromatic carbocycles. The molecule has 0 saturated heterocycles. The van der Waals surface area contributed by atoms with E-state index in [4.69, 9.17) is 18.9 Å². The highest BCUT2D eigenvalue weighted by molar-refractivity contribution is 5.84. The third-order valence-electron chi connectivity index (χ3n) is 5.22. The molecule has 1 amide bonds. The van der Waals surface area contributed by atoms with Gasteiger partial charge in [0.15, 0.2) is 11.5 Å². The number of hydrogen-bond donors (Lipinski definition) is 2. The predicted molar refractivity (Wildman–Crippen MR) is 134 cm³/mol. The van der Waals surface area contributed by atoms with E-state index in [1.54, 1.807) is 18.2 Å². The normalized spacial score (nSPS) is 11.5. The van der Waals surface area contributed by atoms with Crippen LogP contribution in [0.1, 0.15) is 16.7 Å². The third kappa shape index (κ3) is 9.05. The number of carboxylic acids is 1. The van der Waals surface area contributed by atoms with Crippen LogP contribution >= 0.6 is 0 Å². The number of hydrogen-bond acceptors (Lipinski definition) is 6. The summed E-state index contributed by atoms with van der Waals surface area (Å²) in [4.78, 5) is 23.9. The highest BCUT2D eigenvalue weighted by Crippen LogP contribution is 2.30. The molecule has 0 saturated carbocycles. The molecule has 0 aliphatic heterocycles. The zero-order valence-electron chi connectivity index (χ0n) is 20.2. The van der Waals surface area contributed by atoms with Gasteiger partial charge in [-0.25, -0.2) is 4.79 Å². The number of aliphatic carboxylic acids is 1. The molecule has 0 heterocycles. The van der Waals surface area contributed by atoms with Gasteiger partial charge in [-0.05, 0) is 28.8 Å². The van der Waals surface area contributed by atoms with E-state index in [0.717, 1.165) is 11.1 Å². The van der Waals surface area contributed by atoms with Gasteiger partial charge in [0.05, 0.1) is 13.2 Å². The fraction of sp³-hybridized carbons (Fsp3) is 0.286. The lowest BCUT2D eigenvalue weighted by atomic mass is 10.1. The van der Waals surface area contributed by atoms with Crippen molar-refractivity contribution in [1.29, 1.82) is 0 Å². The number of carbonyl (C=O) groups excluding carboxylic acids is 1. The van der Waals surface area contributed by atoms with Gasteiger partial charge in [0.1, 0.15) is 25.9 Å². The lowest BCUT2D eigenvalue weighted by molar-refractivity contribution is -0.142. The van der Waals surface area contributed by atoms with Gasteiger partial charge in [-0.3, -0.25) is 4.79 Å². The predicted octanol–water partition coefficient (Wildman–Crippen LogP) is 3.62. The zero-order chi connectivity index (χ0) is 25.6. The first-order valence-electron chi connectivity index (χ1n) is 11.6. The number of methoxy groups -OCH3 is 1. The molecule has 3 rings (SSSR count). The Morgan fingerprint density at radius 1 is 0.806 bits per heavy atom. The van der Waals surface area contributed by atoms with Gasteiger partial charge in [0.2, 0.25) is 5.91 Å². The first kappa shape index (κ1) is 26.7. The Morgan fingerprint density at radius 3 is 2.00 bits per heavy atom. The molecular formula is C28H31NO7. The van der Waals surface area contributed by atoms with Crippen LogP contribution in [0.3, 0.4) is 0 Å². The summed E-state index contributed by atoms with van der Waals surface area (Å²) in [6, 6.07) is 23.6. The van der Waals surface area contributed by atoms with Crippen molar-refractivity contribution in [2.75, 3.05) is 26.9 Å². The Hall–Kier alpha value is -3.88. The number of amides is 1. The highest BCUT2D eigenvalue weighted by atomic mass is 16.5. The van der Waals surface area contributed by atoms with E-state index in [1.165, 1.54) is 7.11 Å². The third-order valence-corrected chi connectivity index (χ3v) is 5.22. The van der Waals surface area contributed by atoms with Crippen LogP contribution in [0, 0.1) is 0 Å². The van der Waals surface area contributed by atoms with Gasteiger partial charge < -0.3 is 29.4 Å². The van der Waals surface area contributed by atoms with Gasteiger partial charge in [-0.2, -0.15) is 0 Å². The molecule has 0 fully saturated rings. The number of carbonyl (C=O) groups is 2. The van der Waals surface area contributed by atoms with Crippen LogP contribution in [0.5, 0.6) is 11.5 Å². The number of benzene rings is 3. The minimum atomic E-state index is -1.14. The summed E-state index contributed by atoms with van der Waals surface area (Å²) in [6.07, 6.45) is 0.0693. The van der Waals surface area contributed by atoms with Gasteiger partial charge in [0, 0.05) is 13.5 Å². The van der Waals surface area contributed by atoms with E-state index in [0.29, 0.717) is 36.9 Å². The quantitative estimate of drug-likeness (QED) is 0.312. The standard InChI is InChI=1S/C28H31NO7/c1-33-14-15-34-20-27(30)29-24(28(31)32)16-23-12-13-25(35-18-21-8-4-2-5-9-21)26(17-23)36-19-22-10-6-3-7-11-22/h2-13,17,24H,14-16,18-20H2,1H3,(H,29,30)(H,31,32)/t24-/m1/s1. The summed E-state index contributed by atoms with van der Waals surface area (Å²) < 4.78 is 22.1. The minimum absolute atomic E-state index is 0.0693. The Morgan fingerprint density at radius 2 is 1.42 bits per heavy atom. The Kier molecular flexibility index (Phi) is 10.8. The molecule has 3 aromatic rings. The molecule has 0 aliphatic rings. The van der Waals surface area contributed by atoms with E-state index in [9.17, 15) is 14.7 Å². The molecule has 1 atom stereocenters. The van der Waals surface area contributed by atoms with Crippen LogP contribution in [0.15, 0.2) is 78.9 Å². The van der Waals surface area contributed by atoms with Gasteiger partial charge in [0.25, 0.3) is 0 Å². The van der Waals surface area contributed by atoms with Crippen molar-refractivity contribution in [3.8, 4) is 11.5 Å². The minimum Gasteiger partial charge on any atom is -0.485 e. The summed E-state index contributed by atoms with van der Waals surface area (Å²) in [6.45, 7) is 1.03.